The molecule has 1 saturated heterocycles. The number of carbonyl (C=O) groups is 1. The van der Waals surface area contributed by atoms with Gasteiger partial charge in [0.05, 0.1) is 16.0 Å². The van der Waals surface area contributed by atoms with Gasteiger partial charge in [-0.15, -0.1) is 0 Å². The summed E-state index contributed by atoms with van der Waals surface area (Å²) in [4.78, 5) is 12.7. The highest BCUT2D eigenvalue weighted by atomic mass is 35.5. The zero-order valence-corrected chi connectivity index (χ0v) is 18.3. The number of rotatable bonds is 6. The normalized spacial score (nSPS) is 15.9. The van der Waals surface area contributed by atoms with Gasteiger partial charge in [0.15, 0.2) is 0 Å². The summed E-state index contributed by atoms with van der Waals surface area (Å²) in [7, 11) is -3.70. The molecule has 2 aromatic rings. The van der Waals surface area contributed by atoms with Crippen molar-refractivity contribution >= 4 is 33.2 Å². The van der Waals surface area contributed by atoms with E-state index in [1.165, 1.54) is 16.4 Å². The predicted molar refractivity (Wildman–Crippen MR) is 114 cm³/mol. The van der Waals surface area contributed by atoms with Gasteiger partial charge in [-0.25, -0.2) is 12.8 Å². The van der Waals surface area contributed by atoms with E-state index in [4.69, 9.17) is 16.3 Å². The number of hydrogen-bond acceptors (Lipinski definition) is 4. The molecule has 6 nitrogen and oxygen atoms in total. The molecule has 0 radical (unpaired) electrons. The van der Waals surface area contributed by atoms with Crippen molar-refractivity contribution in [1.29, 1.82) is 0 Å². The summed E-state index contributed by atoms with van der Waals surface area (Å²) in [6.45, 7) is 4.24. The fraction of sp³-hybridized carbons (Fsp3) is 0.381. The Morgan fingerprint density at radius 1 is 1.17 bits per heavy atom. The van der Waals surface area contributed by atoms with E-state index in [0.717, 1.165) is 12.1 Å². The Bertz CT molecular complexity index is 1000. The first-order valence-electron chi connectivity index (χ1n) is 9.69. The molecular weight excluding hydrogens is 431 g/mol. The summed E-state index contributed by atoms with van der Waals surface area (Å²) < 4.78 is 45.4. The lowest BCUT2D eigenvalue weighted by molar-refractivity contribution is -0.120. The van der Waals surface area contributed by atoms with E-state index in [-0.39, 0.29) is 35.9 Å². The van der Waals surface area contributed by atoms with Crippen LogP contribution in [0, 0.1) is 11.7 Å². The number of piperidine rings is 1. The van der Waals surface area contributed by atoms with Crippen LogP contribution in [0.5, 0.6) is 5.75 Å². The van der Waals surface area contributed by atoms with Gasteiger partial charge in [0, 0.05) is 24.7 Å². The third kappa shape index (κ3) is 5.30. The average molecular weight is 455 g/mol. The van der Waals surface area contributed by atoms with Crippen LogP contribution in [0.2, 0.25) is 5.02 Å². The molecule has 0 spiro atoms. The molecule has 1 aliphatic rings. The minimum absolute atomic E-state index is 0.0145. The number of benzene rings is 2. The first-order chi connectivity index (χ1) is 14.2. The summed E-state index contributed by atoms with van der Waals surface area (Å²) in [5.74, 6) is -0.435. The first kappa shape index (κ1) is 22.5. The number of sulfonamides is 1. The van der Waals surface area contributed by atoms with Crippen molar-refractivity contribution in [3.63, 3.8) is 0 Å². The maximum absolute atomic E-state index is 13.1. The van der Waals surface area contributed by atoms with E-state index < -0.39 is 15.8 Å². The molecule has 0 aliphatic carbocycles. The standard InChI is InChI=1S/C21H24ClFN2O4S/c1-14(2)29-20-8-5-17(13-19(20)22)24-21(26)15-9-11-25(12-10-15)30(27,28)18-6-3-16(23)4-7-18/h3-8,13-15H,9-12H2,1-2H3,(H,24,26). The molecule has 1 amide bonds. The van der Waals surface area contributed by atoms with Gasteiger partial charge in [-0.3, -0.25) is 4.79 Å². The maximum atomic E-state index is 13.1. The lowest BCUT2D eigenvalue weighted by atomic mass is 9.97. The topological polar surface area (TPSA) is 75.7 Å². The Morgan fingerprint density at radius 2 is 1.80 bits per heavy atom. The molecule has 3 rings (SSSR count). The lowest BCUT2D eigenvalue weighted by Gasteiger charge is -2.30. The smallest absolute Gasteiger partial charge is 0.243 e. The van der Waals surface area contributed by atoms with Gasteiger partial charge in [0.2, 0.25) is 15.9 Å². The Labute approximate surface area is 181 Å². The first-order valence-corrected chi connectivity index (χ1v) is 11.5. The van der Waals surface area contributed by atoms with E-state index in [0.29, 0.717) is 29.3 Å². The quantitative estimate of drug-likeness (QED) is 0.705. The molecule has 0 atom stereocenters. The van der Waals surface area contributed by atoms with Crippen LogP contribution in [0.4, 0.5) is 10.1 Å². The second kappa shape index (κ2) is 9.32. The molecule has 0 saturated carbocycles. The summed E-state index contributed by atoms with van der Waals surface area (Å²) >= 11 is 6.21. The number of carbonyl (C=O) groups excluding carboxylic acids is 1. The monoisotopic (exact) mass is 454 g/mol. The third-order valence-corrected chi connectivity index (χ3v) is 7.05. The number of anilines is 1. The van der Waals surface area contributed by atoms with Crippen LogP contribution < -0.4 is 10.1 Å². The second-order valence-electron chi connectivity index (χ2n) is 7.43. The lowest BCUT2D eigenvalue weighted by Crippen LogP contribution is -2.41. The molecule has 1 aliphatic heterocycles. The van der Waals surface area contributed by atoms with Crippen LogP contribution in [-0.2, 0) is 14.8 Å². The van der Waals surface area contributed by atoms with Crippen molar-refractivity contribution in [3.8, 4) is 5.75 Å². The molecule has 1 N–H and O–H groups in total. The Morgan fingerprint density at radius 3 is 2.37 bits per heavy atom. The minimum Gasteiger partial charge on any atom is -0.489 e. The molecule has 0 aromatic heterocycles. The van der Waals surface area contributed by atoms with Gasteiger partial charge >= 0.3 is 0 Å². The second-order valence-corrected chi connectivity index (χ2v) is 9.78. The Balaban J connectivity index is 1.59. The van der Waals surface area contributed by atoms with Gasteiger partial charge in [0.25, 0.3) is 0 Å². The highest BCUT2D eigenvalue weighted by molar-refractivity contribution is 7.89. The number of hydrogen-bond donors (Lipinski definition) is 1. The minimum atomic E-state index is -3.70. The van der Waals surface area contributed by atoms with Crippen LogP contribution in [-0.4, -0.2) is 37.8 Å². The van der Waals surface area contributed by atoms with Gasteiger partial charge in [-0.2, -0.15) is 4.31 Å². The molecule has 0 bridgehead atoms. The van der Waals surface area contributed by atoms with Gasteiger partial charge in [0.1, 0.15) is 11.6 Å². The van der Waals surface area contributed by atoms with E-state index in [9.17, 15) is 17.6 Å². The van der Waals surface area contributed by atoms with Gasteiger partial charge in [-0.05, 0) is 69.2 Å². The van der Waals surface area contributed by atoms with E-state index in [2.05, 4.69) is 5.32 Å². The Kier molecular flexibility index (Phi) is 7.00. The summed E-state index contributed by atoms with van der Waals surface area (Å²) in [6.07, 6.45) is 0.780. The van der Waals surface area contributed by atoms with Crippen LogP contribution in [0.15, 0.2) is 47.4 Å². The van der Waals surface area contributed by atoms with Crippen LogP contribution in [0.25, 0.3) is 0 Å². The zero-order chi connectivity index (χ0) is 21.9. The van der Waals surface area contributed by atoms with E-state index >= 15 is 0 Å². The van der Waals surface area contributed by atoms with Gasteiger partial charge < -0.3 is 10.1 Å². The highest BCUT2D eigenvalue weighted by Crippen LogP contribution is 2.30. The Hall–Kier alpha value is -2.16. The number of ether oxygens (including phenoxy) is 1. The molecule has 30 heavy (non-hydrogen) atoms. The number of nitrogens with one attached hydrogen (secondary N) is 1. The molecule has 2 aromatic carbocycles. The van der Waals surface area contributed by atoms with Gasteiger partial charge in [-0.1, -0.05) is 11.6 Å². The molecule has 162 valence electrons. The summed E-state index contributed by atoms with van der Waals surface area (Å²) in [5, 5.41) is 3.24. The van der Waals surface area contributed by atoms with Crippen LogP contribution >= 0.6 is 11.6 Å². The molecule has 9 heteroatoms. The van der Waals surface area contributed by atoms with Crippen molar-refractivity contribution < 1.29 is 22.3 Å². The number of halogens is 2. The number of nitrogens with zero attached hydrogens (tertiary/aromatic N) is 1. The number of amides is 1. The molecule has 0 unspecified atom stereocenters. The summed E-state index contributed by atoms with van der Waals surface area (Å²) in [6, 6.07) is 9.79. The predicted octanol–water partition coefficient (Wildman–Crippen LogP) is 4.31. The van der Waals surface area contributed by atoms with E-state index in [1.54, 1.807) is 18.2 Å². The summed E-state index contributed by atoms with van der Waals surface area (Å²) in [5.41, 5.74) is 0.558. The van der Waals surface area contributed by atoms with E-state index in [1.807, 2.05) is 13.8 Å². The molecule has 1 heterocycles. The fourth-order valence-corrected chi connectivity index (χ4v) is 4.98. The molecule has 1 fully saturated rings. The van der Waals surface area contributed by atoms with Crippen molar-refractivity contribution in [3.05, 3.63) is 53.3 Å². The van der Waals surface area contributed by atoms with Crippen molar-refractivity contribution in [2.75, 3.05) is 18.4 Å². The van der Waals surface area contributed by atoms with Crippen molar-refractivity contribution in [2.24, 2.45) is 5.92 Å². The fourth-order valence-electron chi connectivity index (χ4n) is 3.29. The maximum Gasteiger partial charge on any atom is 0.243 e. The van der Waals surface area contributed by atoms with Crippen LogP contribution in [0.1, 0.15) is 26.7 Å². The SMILES string of the molecule is CC(C)Oc1ccc(NC(=O)C2CCN(S(=O)(=O)c3ccc(F)cc3)CC2)cc1Cl. The zero-order valence-electron chi connectivity index (χ0n) is 16.8. The van der Waals surface area contributed by atoms with Crippen LogP contribution in [0.3, 0.4) is 0 Å². The molecular formula is C21H24ClFN2O4S. The largest absolute Gasteiger partial charge is 0.489 e. The van der Waals surface area contributed by atoms with Crippen molar-refractivity contribution in [2.45, 2.75) is 37.7 Å². The average Bonchev–Trinajstić information content (AvgIpc) is 2.70. The highest BCUT2D eigenvalue weighted by Gasteiger charge is 2.32. The third-order valence-electron chi connectivity index (χ3n) is 4.84. The van der Waals surface area contributed by atoms with Crippen molar-refractivity contribution in [1.82, 2.24) is 4.31 Å².